The molecule has 4 rings (SSSR count). The van der Waals surface area contributed by atoms with Gasteiger partial charge in [-0.3, -0.25) is 10.2 Å². The lowest BCUT2D eigenvalue weighted by atomic mass is 10.1. The second kappa shape index (κ2) is 8.67. The first-order valence-electron chi connectivity index (χ1n) is 10.1. The van der Waals surface area contributed by atoms with E-state index in [9.17, 15) is 4.79 Å². The topological polar surface area (TPSA) is 93.4 Å². The maximum absolute atomic E-state index is 11.5. The summed E-state index contributed by atoms with van der Waals surface area (Å²) in [5.74, 6) is 5.62. The quantitative estimate of drug-likeness (QED) is 0.470. The number of anilines is 1. The first-order valence-corrected chi connectivity index (χ1v) is 10.1. The number of nitrogen functional groups attached to an aromatic ring is 1. The molecule has 1 aliphatic carbocycles. The summed E-state index contributed by atoms with van der Waals surface area (Å²) in [5.41, 5.74) is 4.53. The van der Waals surface area contributed by atoms with Crippen molar-refractivity contribution < 1.29 is 9.53 Å². The van der Waals surface area contributed by atoms with E-state index in [2.05, 4.69) is 20.3 Å². The van der Waals surface area contributed by atoms with Crippen LogP contribution in [0.4, 0.5) is 5.95 Å². The number of rotatable bonds is 5. The number of nitrogens with one attached hydrogen (secondary N) is 1. The molecule has 2 fully saturated rings. The minimum Gasteiger partial charge on any atom is -0.375 e. The molecule has 28 heavy (non-hydrogen) atoms. The second-order valence-corrected chi connectivity index (χ2v) is 7.55. The van der Waals surface area contributed by atoms with Crippen LogP contribution in [-0.2, 0) is 4.74 Å². The monoisotopic (exact) mass is 381 g/mol. The van der Waals surface area contributed by atoms with E-state index in [-0.39, 0.29) is 5.91 Å². The van der Waals surface area contributed by atoms with Crippen molar-refractivity contribution in [1.82, 2.24) is 15.4 Å². The summed E-state index contributed by atoms with van der Waals surface area (Å²) in [6.07, 6.45) is 11.7. The number of piperidine rings is 1. The van der Waals surface area contributed by atoms with Crippen LogP contribution in [0.1, 0.15) is 48.9 Å². The van der Waals surface area contributed by atoms with Crippen molar-refractivity contribution in [3.8, 4) is 11.1 Å². The average Bonchev–Trinajstić information content (AvgIpc) is 3.27. The molecule has 0 atom stereocenters. The van der Waals surface area contributed by atoms with Crippen LogP contribution in [0.3, 0.4) is 0 Å². The van der Waals surface area contributed by atoms with E-state index in [0.29, 0.717) is 17.8 Å². The van der Waals surface area contributed by atoms with E-state index >= 15 is 0 Å². The molecule has 7 nitrogen and oxygen atoms in total. The number of nitrogens with two attached hydrogens (primary N) is 1. The van der Waals surface area contributed by atoms with Crippen molar-refractivity contribution >= 4 is 11.9 Å². The third-order valence-electron chi connectivity index (χ3n) is 5.66. The van der Waals surface area contributed by atoms with Gasteiger partial charge < -0.3 is 9.64 Å². The molecule has 1 aromatic carbocycles. The van der Waals surface area contributed by atoms with Crippen LogP contribution in [0.5, 0.6) is 0 Å². The van der Waals surface area contributed by atoms with Crippen LogP contribution in [0, 0.1) is 0 Å². The third-order valence-corrected chi connectivity index (χ3v) is 5.66. The van der Waals surface area contributed by atoms with E-state index in [0.717, 1.165) is 43.0 Å². The number of nitrogens with zero attached hydrogens (tertiary/aromatic N) is 3. The molecule has 1 saturated carbocycles. The highest BCUT2D eigenvalue weighted by Crippen LogP contribution is 2.26. The van der Waals surface area contributed by atoms with Gasteiger partial charge in [-0.1, -0.05) is 25.0 Å². The van der Waals surface area contributed by atoms with Gasteiger partial charge in [0.25, 0.3) is 5.91 Å². The van der Waals surface area contributed by atoms with Gasteiger partial charge in [0.15, 0.2) is 0 Å². The summed E-state index contributed by atoms with van der Waals surface area (Å²) in [4.78, 5) is 22.9. The Morgan fingerprint density at radius 2 is 1.57 bits per heavy atom. The number of hydrogen-bond acceptors (Lipinski definition) is 6. The number of amides is 1. The van der Waals surface area contributed by atoms with Crippen LogP contribution in [0.2, 0.25) is 0 Å². The normalized spacial score (nSPS) is 18.4. The maximum Gasteiger partial charge on any atom is 0.265 e. The maximum atomic E-state index is 11.5. The van der Waals surface area contributed by atoms with Gasteiger partial charge >= 0.3 is 0 Å². The van der Waals surface area contributed by atoms with Crippen LogP contribution < -0.4 is 16.2 Å². The number of aromatic nitrogens is 2. The molecule has 0 spiro atoms. The summed E-state index contributed by atoms with van der Waals surface area (Å²) in [7, 11) is 0. The number of ether oxygens (including phenoxy) is 1. The number of carbonyl (C=O) groups excluding carboxylic acids is 1. The van der Waals surface area contributed by atoms with Gasteiger partial charge in [-0.15, -0.1) is 0 Å². The Kier molecular flexibility index (Phi) is 5.83. The predicted molar refractivity (Wildman–Crippen MR) is 108 cm³/mol. The Labute approximate surface area is 165 Å². The first kappa shape index (κ1) is 18.8. The fraction of sp³-hybridized carbons (Fsp3) is 0.476. The molecule has 0 unspecified atom stereocenters. The van der Waals surface area contributed by atoms with Gasteiger partial charge in [0.05, 0.1) is 12.2 Å². The van der Waals surface area contributed by atoms with E-state index in [4.69, 9.17) is 10.6 Å². The molecular weight excluding hydrogens is 354 g/mol. The summed E-state index contributed by atoms with van der Waals surface area (Å²) in [5, 5.41) is 0. The molecule has 1 aliphatic heterocycles. The smallest absolute Gasteiger partial charge is 0.265 e. The number of benzene rings is 1. The molecule has 148 valence electrons. The molecule has 0 radical (unpaired) electrons. The van der Waals surface area contributed by atoms with Gasteiger partial charge in [0.2, 0.25) is 5.95 Å². The molecule has 1 aromatic heterocycles. The fourth-order valence-electron chi connectivity index (χ4n) is 4.02. The summed E-state index contributed by atoms with van der Waals surface area (Å²) in [6, 6.07) is 7.21. The summed E-state index contributed by atoms with van der Waals surface area (Å²) in [6.45, 7) is 1.86. The van der Waals surface area contributed by atoms with E-state index in [1.807, 2.05) is 24.5 Å². The number of hydrazine groups is 1. The molecule has 3 N–H and O–H groups in total. The summed E-state index contributed by atoms with van der Waals surface area (Å²) >= 11 is 0. The predicted octanol–water partition coefficient (Wildman–Crippen LogP) is 2.68. The highest BCUT2D eigenvalue weighted by Gasteiger charge is 2.25. The van der Waals surface area contributed by atoms with Crippen LogP contribution in [0.25, 0.3) is 11.1 Å². The van der Waals surface area contributed by atoms with Crippen LogP contribution in [0.15, 0.2) is 36.7 Å². The lowest BCUT2D eigenvalue weighted by Crippen LogP contribution is -2.39. The van der Waals surface area contributed by atoms with E-state index < -0.39 is 0 Å². The third kappa shape index (κ3) is 4.31. The molecule has 0 bridgehead atoms. The number of carbonyl (C=O) groups is 1. The molecular formula is C21H27N5O2. The highest BCUT2D eigenvalue weighted by molar-refractivity contribution is 5.94. The molecule has 2 aliphatic rings. The highest BCUT2D eigenvalue weighted by atomic mass is 16.5. The van der Waals surface area contributed by atoms with Gasteiger partial charge in [0.1, 0.15) is 0 Å². The first-order chi connectivity index (χ1) is 13.7. The lowest BCUT2D eigenvalue weighted by molar-refractivity contribution is -0.0195. The Morgan fingerprint density at radius 3 is 2.18 bits per heavy atom. The van der Waals surface area contributed by atoms with Crippen LogP contribution >= 0.6 is 0 Å². The number of hydrogen-bond donors (Lipinski definition) is 2. The molecule has 2 aromatic rings. The van der Waals surface area contributed by atoms with Crippen molar-refractivity contribution in [1.29, 1.82) is 0 Å². The fourth-order valence-corrected chi connectivity index (χ4v) is 4.02. The van der Waals surface area contributed by atoms with Crippen molar-refractivity contribution in [2.75, 3.05) is 18.0 Å². The molecule has 1 amide bonds. The largest absolute Gasteiger partial charge is 0.375 e. The Balaban J connectivity index is 1.34. The van der Waals surface area contributed by atoms with Crippen molar-refractivity contribution in [3.05, 3.63) is 42.2 Å². The van der Waals surface area contributed by atoms with Gasteiger partial charge in [-0.05, 0) is 43.4 Å². The average molecular weight is 381 g/mol. The molecule has 2 heterocycles. The Morgan fingerprint density at radius 1 is 0.964 bits per heavy atom. The van der Waals surface area contributed by atoms with Crippen molar-refractivity contribution in [3.63, 3.8) is 0 Å². The van der Waals surface area contributed by atoms with Crippen molar-refractivity contribution in [2.45, 2.75) is 50.7 Å². The zero-order valence-corrected chi connectivity index (χ0v) is 16.0. The van der Waals surface area contributed by atoms with Gasteiger partial charge in [0, 0.05) is 36.6 Å². The van der Waals surface area contributed by atoms with Crippen LogP contribution in [-0.4, -0.2) is 41.2 Å². The van der Waals surface area contributed by atoms with E-state index in [1.165, 1.54) is 25.7 Å². The Bertz CT molecular complexity index is 779. The SMILES string of the molecule is NNC(=O)c1ccc(-c2cnc(N3CCC(OC4CCCC4)CC3)nc2)cc1. The zero-order valence-electron chi connectivity index (χ0n) is 16.0. The summed E-state index contributed by atoms with van der Waals surface area (Å²) < 4.78 is 6.24. The molecule has 7 heteroatoms. The lowest BCUT2D eigenvalue weighted by Gasteiger charge is -2.33. The van der Waals surface area contributed by atoms with Crippen molar-refractivity contribution in [2.24, 2.45) is 5.84 Å². The molecule has 1 saturated heterocycles. The minimum atomic E-state index is -0.307. The minimum absolute atomic E-state index is 0.307. The van der Waals surface area contributed by atoms with Gasteiger partial charge in [-0.25, -0.2) is 15.8 Å². The Hall–Kier alpha value is -2.51. The standard InChI is InChI=1S/C21H27N5O2/c22-25-20(27)16-7-5-15(6-8-16)17-13-23-21(24-14-17)26-11-9-19(10-12-26)28-18-3-1-2-4-18/h5-8,13-14,18-19H,1-4,9-12,22H2,(H,25,27). The zero-order chi connectivity index (χ0) is 19.3. The van der Waals surface area contributed by atoms with E-state index in [1.54, 1.807) is 12.1 Å². The van der Waals surface area contributed by atoms with Gasteiger partial charge in [-0.2, -0.15) is 0 Å². The second-order valence-electron chi connectivity index (χ2n) is 7.55.